The Balaban J connectivity index is 1.35. The molecule has 3 aromatic rings. The number of benzene rings is 2. The van der Waals surface area contributed by atoms with Crippen molar-refractivity contribution in [3.05, 3.63) is 76.5 Å². The summed E-state index contributed by atoms with van der Waals surface area (Å²) in [4.78, 5) is 40.3. The molecular weight excluding hydrogens is 438 g/mol. The second-order valence-electron chi connectivity index (χ2n) is 7.61. The van der Waals surface area contributed by atoms with Crippen LogP contribution in [0.2, 0.25) is 0 Å². The molecule has 7 nitrogen and oxygen atoms in total. The van der Waals surface area contributed by atoms with Gasteiger partial charge in [-0.15, -0.1) is 11.3 Å². The summed E-state index contributed by atoms with van der Waals surface area (Å²) >= 11 is 1.38. The summed E-state index contributed by atoms with van der Waals surface area (Å²) in [6.07, 6.45) is 1.42. The van der Waals surface area contributed by atoms with Crippen molar-refractivity contribution in [3.8, 4) is 5.75 Å². The van der Waals surface area contributed by atoms with Crippen LogP contribution in [0.4, 0.5) is 11.4 Å². The zero-order chi connectivity index (χ0) is 23.2. The van der Waals surface area contributed by atoms with Crippen LogP contribution < -0.4 is 15.4 Å². The molecule has 2 heterocycles. The van der Waals surface area contributed by atoms with Crippen LogP contribution in [0.15, 0.2) is 66.0 Å². The number of anilines is 2. The van der Waals surface area contributed by atoms with E-state index in [1.54, 1.807) is 59.5 Å². The number of hydrogen-bond acceptors (Lipinski definition) is 5. The average molecular weight is 464 g/mol. The minimum Gasteiger partial charge on any atom is -0.494 e. The van der Waals surface area contributed by atoms with Gasteiger partial charge in [-0.05, 0) is 79.7 Å². The molecule has 0 spiro atoms. The number of hydrogen-bond donors (Lipinski definition) is 2. The van der Waals surface area contributed by atoms with Crippen molar-refractivity contribution in [2.45, 2.75) is 25.8 Å². The van der Waals surface area contributed by atoms with Gasteiger partial charge in [-0.2, -0.15) is 0 Å². The van der Waals surface area contributed by atoms with Crippen molar-refractivity contribution in [3.63, 3.8) is 0 Å². The number of amides is 3. The van der Waals surface area contributed by atoms with Crippen LogP contribution in [-0.2, 0) is 4.79 Å². The molecule has 3 amide bonds. The molecule has 2 aromatic carbocycles. The van der Waals surface area contributed by atoms with E-state index >= 15 is 0 Å². The fraction of sp³-hybridized carbons (Fsp3) is 0.240. The largest absolute Gasteiger partial charge is 0.494 e. The van der Waals surface area contributed by atoms with E-state index in [0.29, 0.717) is 41.4 Å². The lowest BCUT2D eigenvalue weighted by molar-refractivity contribution is -0.119. The predicted octanol–water partition coefficient (Wildman–Crippen LogP) is 4.64. The number of likely N-dealkylation sites (tertiary alicyclic amines) is 1. The first-order valence-corrected chi connectivity index (χ1v) is 11.7. The summed E-state index contributed by atoms with van der Waals surface area (Å²) in [5.41, 5.74) is 1.71. The topological polar surface area (TPSA) is 87.7 Å². The number of carbonyl (C=O) groups excluding carboxylic acids is 3. The Kier molecular flexibility index (Phi) is 7.04. The second-order valence-corrected chi connectivity index (χ2v) is 8.56. The van der Waals surface area contributed by atoms with E-state index in [1.165, 1.54) is 11.3 Å². The maximum atomic E-state index is 12.8. The average Bonchev–Trinajstić information content (AvgIpc) is 3.53. The van der Waals surface area contributed by atoms with Crippen LogP contribution >= 0.6 is 11.3 Å². The smallest absolute Gasteiger partial charge is 0.264 e. The van der Waals surface area contributed by atoms with Crippen LogP contribution in [0.3, 0.4) is 0 Å². The molecule has 1 atom stereocenters. The number of nitrogens with one attached hydrogen (secondary N) is 2. The third kappa shape index (κ3) is 5.40. The molecule has 0 bridgehead atoms. The molecule has 1 fully saturated rings. The van der Waals surface area contributed by atoms with Gasteiger partial charge in [-0.1, -0.05) is 6.07 Å². The van der Waals surface area contributed by atoms with Gasteiger partial charge in [0.1, 0.15) is 11.8 Å². The van der Waals surface area contributed by atoms with Gasteiger partial charge in [-0.3, -0.25) is 14.4 Å². The first kappa shape index (κ1) is 22.5. The van der Waals surface area contributed by atoms with Gasteiger partial charge >= 0.3 is 0 Å². The van der Waals surface area contributed by atoms with Gasteiger partial charge in [-0.25, -0.2) is 0 Å². The van der Waals surface area contributed by atoms with Gasteiger partial charge in [0.15, 0.2) is 0 Å². The van der Waals surface area contributed by atoms with E-state index in [1.807, 2.05) is 18.4 Å². The fourth-order valence-corrected chi connectivity index (χ4v) is 4.44. The number of rotatable bonds is 7. The summed E-state index contributed by atoms with van der Waals surface area (Å²) in [7, 11) is 0. The van der Waals surface area contributed by atoms with Crippen molar-refractivity contribution in [1.82, 2.24) is 4.90 Å². The molecule has 33 heavy (non-hydrogen) atoms. The Morgan fingerprint density at radius 2 is 1.70 bits per heavy atom. The zero-order valence-electron chi connectivity index (χ0n) is 18.2. The highest BCUT2D eigenvalue weighted by Crippen LogP contribution is 2.24. The van der Waals surface area contributed by atoms with Gasteiger partial charge in [0, 0.05) is 23.5 Å². The molecule has 2 N–H and O–H groups in total. The molecule has 1 aromatic heterocycles. The molecule has 0 saturated carbocycles. The van der Waals surface area contributed by atoms with Gasteiger partial charge < -0.3 is 20.3 Å². The third-order valence-electron chi connectivity index (χ3n) is 5.39. The number of ether oxygens (including phenoxy) is 1. The Labute approximate surface area is 196 Å². The van der Waals surface area contributed by atoms with Crippen molar-refractivity contribution in [2.75, 3.05) is 23.8 Å². The van der Waals surface area contributed by atoms with Crippen LogP contribution in [0.1, 0.15) is 39.8 Å². The maximum absolute atomic E-state index is 12.8. The lowest BCUT2D eigenvalue weighted by Crippen LogP contribution is -2.42. The summed E-state index contributed by atoms with van der Waals surface area (Å²) in [5, 5.41) is 7.57. The molecule has 8 heteroatoms. The van der Waals surface area contributed by atoms with Crippen LogP contribution in [0, 0.1) is 0 Å². The van der Waals surface area contributed by atoms with E-state index in [-0.39, 0.29) is 17.7 Å². The lowest BCUT2D eigenvalue weighted by Gasteiger charge is -2.23. The van der Waals surface area contributed by atoms with Crippen molar-refractivity contribution < 1.29 is 19.1 Å². The maximum Gasteiger partial charge on any atom is 0.264 e. The Morgan fingerprint density at radius 3 is 2.36 bits per heavy atom. The third-order valence-corrected chi connectivity index (χ3v) is 6.24. The minimum atomic E-state index is -0.498. The highest BCUT2D eigenvalue weighted by Gasteiger charge is 2.34. The molecular formula is C25H25N3O4S. The van der Waals surface area contributed by atoms with Crippen molar-refractivity contribution in [2.24, 2.45) is 0 Å². The predicted molar refractivity (Wildman–Crippen MR) is 129 cm³/mol. The van der Waals surface area contributed by atoms with E-state index < -0.39 is 6.04 Å². The van der Waals surface area contributed by atoms with E-state index in [2.05, 4.69) is 10.6 Å². The second kappa shape index (κ2) is 10.3. The quantitative estimate of drug-likeness (QED) is 0.534. The van der Waals surface area contributed by atoms with Gasteiger partial charge in [0.25, 0.3) is 11.8 Å². The van der Waals surface area contributed by atoms with E-state index in [0.717, 1.165) is 12.2 Å². The summed E-state index contributed by atoms with van der Waals surface area (Å²) < 4.78 is 5.40. The molecule has 170 valence electrons. The van der Waals surface area contributed by atoms with E-state index in [4.69, 9.17) is 4.74 Å². The number of carbonyl (C=O) groups is 3. The lowest BCUT2D eigenvalue weighted by atomic mass is 10.1. The molecule has 0 unspecified atom stereocenters. The van der Waals surface area contributed by atoms with Crippen molar-refractivity contribution >= 4 is 40.4 Å². The summed E-state index contributed by atoms with van der Waals surface area (Å²) in [6.45, 7) is 3.06. The van der Waals surface area contributed by atoms with Crippen molar-refractivity contribution in [1.29, 1.82) is 0 Å². The minimum absolute atomic E-state index is 0.107. The standard InChI is InChI=1S/C25H25N3O4S/c1-2-32-20-13-11-19(12-14-20)26-23(29)17-7-9-18(10-8-17)27-24(30)21-5-3-15-28(21)25(31)22-6-4-16-33-22/h4,6-14,16,21H,2-3,5,15H2,1H3,(H,26,29)(H,27,30)/t21-/m0/s1. The zero-order valence-corrected chi connectivity index (χ0v) is 19.1. The molecule has 1 aliphatic heterocycles. The fourth-order valence-electron chi connectivity index (χ4n) is 3.76. The Hall–Kier alpha value is -3.65. The molecule has 1 aliphatic rings. The Bertz CT molecular complexity index is 1110. The molecule has 0 radical (unpaired) electrons. The normalized spacial score (nSPS) is 15.2. The highest BCUT2D eigenvalue weighted by molar-refractivity contribution is 7.12. The van der Waals surface area contributed by atoms with Crippen LogP contribution in [0.5, 0.6) is 5.75 Å². The Morgan fingerprint density at radius 1 is 1.00 bits per heavy atom. The van der Waals surface area contributed by atoms with Gasteiger partial charge in [0.05, 0.1) is 11.5 Å². The van der Waals surface area contributed by atoms with Crippen LogP contribution in [0.25, 0.3) is 0 Å². The number of thiophene rings is 1. The first-order valence-electron chi connectivity index (χ1n) is 10.8. The summed E-state index contributed by atoms with van der Waals surface area (Å²) in [6, 6.07) is 16.9. The van der Waals surface area contributed by atoms with Gasteiger partial charge in [0.2, 0.25) is 5.91 Å². The summed E-state index contributed by atoms with van der Waals surface area (Å²) in [5.74, 6) is 0.169. The van der Waals surface area contributed by atoms with Crippen LogP contribution in [-0.4, -0.2) is 41.8 Å². The monoisotopic (exact) mass is 463 g/mol. The molecule has 1 saturated heterocycles. The van der Waals surface area contributed by atoms with E-state index in [9.17, 15) is 14.4 Å². The SMILES string of the molecule is CCOc1ccc(NC(=O)c2ccc(NC(=O)[C@@H]3CCCN3C(=O)c3cccs3)cc2)cc1. The highest BCUT2D eigenvalue weighted by atomic mass is 32.1. The molecule has 4 rings (SSSR count). The number of nitrogens with zero attached hydrogens (tertiary/aromatic N) is 1. The first-order chi connectivity index (χ1) is 16.0. The molecule has 0 aliphatic carbocycles.